The number of nitrogens with one attached hydrogen (secondary N) is 1. The fraction of sp³-hybridized carbons (Fsp3) is 0.0714. The molecule has 0 aliphatic heterocycles. The van der Waals surface area contributed by atoms with Crippen LogP contribution in [0.3, 0.4) is 0 Å². The maximum Gasteiger partial charge on any atom is 0.344 e. The van der Waals surface area contributed by atoms with Gasteiger partial charge in [0.15, 0.2) is 0 Å². The van der Waals surface area contributed by atoms with E-state index in [1.807, 2.05) is 19.1 Å². The summed E-state index contributed by atoms with van der Waals surface area (Å²) in [5.41, 5.74) is 1.07. The van der Waals surface area contributed by atoms with Crippen LogP contribution in [0.2, 0.25) is 0 Å². The highest BCUT2D eigenvalue weighted by molar-refractivity contribution is 7.89. The molecule has 0 bridgehead atoms. The highest BCUT2D eigenvalue weighted by atomic mass is 32.2. The van der Waals surface area contributed by atoms with Crippen molar-refractivity contribution in [3.8, 4) is 5.75 Å². The maximum absolute atomic E-state index is 13.3. The normalized spacial score (nSPS) is 12.5. The van der Waals surface area contributed by atoms with E-state index in [-0.39, 0.29) is 16.2 Å². The molecule has 0 radical (unpaired) electrons. The standard InChI is InChI=1S/C28H21NO6S/c1-18-11-14-21(15-12-18)36(32,33)29-26(19-7-3-2-4-8-19)28(31)34-20-13-16-23-22-9-5-6-10-24(22)27(30)35-25(23)17-20/h2-17,26,29H,1H3. The van der Waals surface area contributed by atoms with Gasteiger partial charge < -0.3 is 9.15 Å². The van der Waals surface area contributed by atoms with Gasteiger partial charge in [-0.3, -0.25) is 0 Å². The third kappa shape index (κ3) is 4.64. The van der Waals surface area contributed by atoms with Crippen LogP contribution in [0.1, 0.15) is 17.2 Å². The Morgan fingerprint density at radius 1 is 0.833 bits per heavy atom. The van der Waals surface area contributed by atoms with Crippen molar-refractivity contribution in [2.45, 2.75) is 17.9 Å². The van der Waals surface area contributed by atoms with E-state index in [0.29, 0.717) is 16.3 Å². The topological polar surface area (TPSA) is 103 Å². The molecule has 0 aliphatic carbocycles. The lowest BCUT2D eigenvalue weighted by atomic mass is 10.1. The Morgan fingerprint density at radius 3 is 2.22 bits per heavy atom. The van der Waals surface area contributed by atoms with E-state index >= 15 is 0 Å². The van der Waals surface area contributed by atoms with Crippen molar-refractivity contribution in [1.29, 1.82) is 0 Å². The molecule has 0 amide bonds. The Morgan fingerprint density at radius 2 is 1.50 bits per heavy atom. The van der Waals surface area contributed by atoms with Crippen LogP contribution in [0.25, 0.3) is 21.7 Å². The van der Waals surface area contributed by atoms with Crippen molar-refractivity contribution >= 4 is 37.7 Å². The maximum atomic E-state index is 13.3. The van der Waals surface area contributed by atoms with Crippen molar-refractivity contribution in [2.75, 3.05) is 0 Å². The molecule has 8 heteroatoms. The van der Waals surface area contributed by atoms with E-state index < -0.39 is 27.7 Å². The third-order valence-electron chi connectivity index (χ3n) is 5.78. The van der Waals surface area contributed by atoms with Crippen molar-refractivity contribution in [1.82, 2.24) is 4.72 Å². The van der Waals surface area contributed by atoms with E-state index in [2.05, 4.69) is 4.72 Å². The Hall–Kier alpha value is -4.27. The minimum atomic E-state index is -4.04. The molecular weight excluding hydrogens is 478 g/mol. The number of hydrogen-bond donors (Lipinski definition) is 1. The first-order valence-electron chi connectivity index (χ1n) is 11.1. The zero-order chi connectivity index (χ0) is 25.3. The molecule has 5 rings (SSSR count). The number of hydrogen-bond acceptors (Lipinski definition) is 6. The van der Waals surface area contributed by atoms with Gasteiger partial charge in [0.1, 0.15) is 17.4 Å². The Kier molecular flexibility index (Phi) is 6.13. The number of ether oxygens (including phenoxy) is 1. The average molecular weight is 500 g/mol. The summed E-state index contributed by atoms with van der Waals surface area (Å²) in [5, 5.41) is 1.85. The first kappa shape index (κ1) is 23.5. The molecular formula is C28H21NO6S. The van der Waals surface area contributed by atoms with E-state index in [0.717, 1.165) is 10.9 Å². The number of sulfonamides is 1. The monoisotopic (exact) mass is 499 g/mol. The second-order valence-corrected chi connectivity index (χ2v) is 10.0. The van der Waals surface area contributed by atoms with Gasteiger partial charge in [0.05, 0.1) is 10.3 Å². The van der Waals surface area contributed by atoms with Crippen LogP contribution < -0.4 is 15.1 Å². The van der Waals surface area contributed by atoms with Gasteiger partial charge in [0.25, 0.3) is 0 Å². The summed E-state index contributed by atoms with van der Waals surface area (Å²) in [6.07, 6.45) is 0. The lowest BCUT2D eigenvalue weighted by Crippen LogP contribution is -2.36. The number of benzene rings is 4. The second kappa shape index (κ2) is 9.41. The molecule has 1 heterocycles. The van der Waals surface area contributed by atoms with Crippen LogP contribution in [0.5, 0.6) is 5.75 Å². The van der Waals surface area contributed by atoms with Crippen LogP contribution in [0.15, 0.2) is 111 Å². The molecule has 0 fully saturated rings. The summed E-state index contributed by atoms with van der Waals surface area (Å²) in [6, 6.07) is 25.2. The van der Waals surface area contributed by atoms with Gasteiger partial charge >= 0.3 is 11.6 Å². The molecule has 1 N–H and O–H groups in total. The van der Waals surface area contributed by atoms with Gasteiger partial charge in [0.2, 0.25) is 10.0 Å². The predicted molar refractivity (Wildman–Crippen MR) is 136 cm³/mol. The first-order valence-corrected chi connectivity index (χ1v) is 12.6. The Labute approximate surface area is 207 Å². The number of fused-ring (bicyclic) bond motifs is 3. The molecule has 0 saturated carbocycles. The minimum absolute atomic E-state index is 0.0289. The van der Waals surface area contributed by atoms with Crippen LogP contribution in [0, 0.1) is 6.92 Å². The van der Waals surface area contributed by atoms with Gasteiger partial charge in [-0.1, -0.05) is 66.2 Å². The highest BCUT2D eigenvalue weighted by Gasteiger charge is 2.29. The molecule has 36 heavy (non-hydrogen) atoms. The summed E-state index contributed by atoms with van der Waals surface area (Å²) < 4.78 is 39.6. The summed E-state index contributed by atoms with van der Waals surface area (Å²) in [7, 11) is -4.04. The highest BCUT2D eigenvalue weighted by Crippen LogP contribution is 2.27. The fourth-order valence-electron chi connectivity index (χ4n) is 3.94. The van der Waals surface area contributed by atoms with Crippen molar-refractivity contribution < 1.29 is 22.4 Å². The first-order chi connectivity index (χ1) is 17.3. The number of aryl methyl sites for hydroxylation is 1. The molecule has 180 valence electrons. The second-order valence-electron chi connectivity index (χ2n) is 8.29. The van der Waals surface area contributed by atoms with Crippen LogP contribution in [0.4, 0.5) is 0 Å². The molecule has 0 spiro atoms. The van der Waals surface area contributed by atoms with E-state index in [4.69, 9.17) is 9.15 Å². The van der Waals surface area contributed by atoms with Gasteiger partial charge in [-0.15, -0.1) is 0 Å². The fourth-order valence-corrected chi connectivity index (χ4v) is 5.11. The van der Waals surface area contributed by atoms with Crippen molar-refractivity contribution in [3.63, 3.8) is 0 Å². The van der Waals surface area contributed by atoms with Crippen LogP contribution in [-0.2, 0) is 14.8 Å². The molecule has 0 aliphatic rings. The molecule has 1 aromatic heterocycles. The SMILES string of the molecule is Cc1ccc(S(=O)(=O)NC(C(=O)Oc2ccc3c(c2)oc(=O)c2ccccc23)c2ccccc2)cc1. The van der Waals surface area contributed by atoms with Gasteiger partial charge in [-0.25, -0.2) is 18.0 Å². The summed E-state index contributed by atoms with van der Waals surface area (Å²) >= 11 is 0. The van der Waals surface area contributed by atoms with E-state index in [1.165, 1.54) is 18.2 Å². The lowest BCUT2D eigenvalue weighted by molar-refractivity contribution is -0.136. The van der Waals surface area contributed by atoms with E-state index in [9.17, 15) is 18.0 Å². The number of carbonyl (C=O) groups is 1. The third-order valence-corrected chi connectivity index (χ3v) is 7.22. The Bertz CT molecular complexity index is 1740. The quantitative estimate of drug-likeness (QED) is 0.155. The molecule has 1 atom stereocenters. The zero-order valence-corrected chi connectivity index (χ0v) is 20.0. The van der Waals surface area contributed by atoms with Crippen LogP contribution >= 0.6 is 0 Å². The van der Waals surface area contributed by atoms with E-state index in [1.54, 1.807) is 66.7 Å². The molecule has 0 saturated heterocycles. The summed E-state index contributed by atoms with van der Waals surface area (Å²) in [5.74, 6) is -0.722. The van der Waals surface area contributed by atoms with Gasteiger partial charge in [-0.2, -0.15) is 4.72 Å². The average Bonchev–Trinajstić information content (AvgIpc) is 2.88. The van der Waals surface area contributed by atoms with Crippen molar-refractivity contribution in [3.05, 3.63) is 119 Å². The van der Waals surface area contributed by atoms with Gasteiger partial charge in [0, 0.05) is 11.5 Å². The number of rotatable bonds is 6. The van der Waals surface area contributed by atoms with Crippen LogP contribution in [-0.4, -0.2) is 14.4 Å². The Balaban J connectivity index is 1.49. The zero-order valence-electron chi connectivity index (χ0n) is 19.2. The van der Waals surface area contributed by atoms with Crippen molar-refractivity contribution in [2.24, 2.45) is 0 Å². The minimum Gasteiger partial charge on any atom is -0.425 e. The molecule has 1 unspecified atom stereocenters. The smallest absolute Gasteiger partial charge is 0.344 e. The number of carbonyl (C=O) groups excluding carboxylic acids is 1. The number of esters is 1. The molecule has 7 nitrogen and oxygen atoms in total. The lowest BCUT2D eigenvalue weighted by Gasteiger charge is -2.18. The summed E-state index contributed by atoms with van der Waals surface area (Å²) in [4.78, 5) is 25.7. The molecule has 5 aromatic rings. The summed E-state index contributed by atoms with van der Waals surface area (Å²) in [6.45, 7) is 1.85. The van der Waals surface area contributed by atoms with Gasteiger partial charge in [-0.05, 0) is 48.2 Å². The predicted octanol–water partition coefficient (Wildman–Crippen LogP) is 4.88. The largest absolute Gasteiger partial charge is 0.425 e. The molecule has 4 aromatic carbocycles.